The zero-order chi connectivity index (χ0) is 20.5. The Kier molecular flexibility index (Phi) is 8.81. The number of benzene rings is 2. The molecule has 2 rings (SSSR count). The van der Waals surface area contributed by atoms with Crippen molar-refractivity contribution in [3.8, 4) is 0 Å². The Morgan fingerprint density at radius 2 is 1.75 bits per heavy atom. The van der Waals surface area contributed by atoms with Crippen LogP contribution in [0.4, 0.5) is 0 Å². The Bertz CT molecular complexity index is 793. The third kappa shape index (κ3) is 6.84. The molecule has 0 aliphatic rings. The van der Waals surface area contributed by atoms with Gasteiger partial charge in [0.2, 0.25) is 11.8 Å². The molecule has 0 fully saturated rings. The van der Waals surface area contributed by atoms with Crippen molar-refractivity contribution < 1.29 is 9.59 Å². The Labute approximate surface area is 176 Å². The molecule has 0 aliphatic heterocycles. The smallest absolute Gasteiger partial charge is 0.242 e. The monoisotopic (exact) mass is 420 g/mol. The van der Waals surface area contributed by atoms with Gasteiger partial charge in [0.25, 0.3) is 0 Å². The lowest BCUT2D eigenvalue weighted by Crippen LogP contribution is -2.48. The number of unbranched alkanes of at least 4 members (excludes halogenated alkanes) is 1. The third-order valence-electron chi connectivity index (χ3n) is 4.51. The van der Waals surface area contributed by atoms with E-state index in [0.29, 0.717) is 23.1 Å². The van der Waals surface area contributed by atoms with E-state index in [1.807, 2.05) is 30.3 Å². The molecule has 2 aromatic rings. The molecule has 0 bridgehead atoms. The molecule has 0 aliphatic carbocycles. The highest BCUT2D eigenvalue weighted by Crippen LogP contribution is 2.17. The summed E-state index contributed by atoms with van der Waals surface area (Å²) >= 11 is 12.0. The van der Waals surface area contributed by atoms with E-state index in [4.69, 9.17) is 23.2 Å². The summed E-state index contributed by atoms with van der Waals surface area (Å²) in [5, 5.41) is 4.13. The lowest BCUT2D eigenvalue weighted by atomic mass is 10.1. The minimum atomic E-state index is -0.587. The summed E-state index contributed by atoms with van der Waals surface area (Å²) in [4.78, 5) is 27.2. The van der Waals surface area contributed by atoms with Gasteiger partial charge in [0.05, 0.1) is 6.42 Å². The highest BCUT2D eigenvalue weighted by atomic mass is 35.5. The number of hydrogen-bond donors (Lipinski definition) is 1. The molecule has 0 spiro atoms. The topological polar surface area (TPSA) is 49.4 Å². The summed E-state index contributed by atoms with van der Waals surface area (Å²) in [6.07, 6.45) is 2.10. The van der Waals surface area contributed by atoms with Crippen LogP contribution in [0.3, 0.4) is 0 Å². The summed E-state index contributed by atoms with van der Waals surface area (Å²) in [6.45, 7) is 4.74. The number of halogens is 2. The lowest BCUT2D eigenvalue weighted by Gasteiger charge is -2.29. The Morgan fingerprint density at radius 1 is 1.04 bits per heavy atom. The fourth-order valence-corrected chi connectivity index (χ4v) is 3.17. The molecule has 28 heavy (non-hydrogen) atoms. The Morgan fingerprint density at radius 3 is 2.39 bits per heavy atom. The SMILES string of the molecule is CCCCNC(=O)[C@H](C)N(Cc1cccc(Cl)c1)C(=O)Cc1ccc(Cl)cc1. The van der Waals surface area contributed by atoms with Crippen molar-refractivity contribution in [2.45, 2.75) is 45.7 Å². The second kappa shape index (κ2) is 11.1. The standard InChI is InChI=1S/C22H26Cl2N2O2/c1-3-4-12-25-22(28)16(2)26(15-18-6-5-7-20(24)13-18)21(27)14-17-8-10-19(23)11-9-17/h5-11,13,16H,3-4,12,14-15H2,1-2H3,(H,25,28)/t16-/m0/s1. The maximum atomic E-state index is 13.0. The van der Waals surface area contributed by atoms with Gasteiger partial charge in [-0.05, 0) is 48.7 Å². The predicted octanol–water partition coefficient (Wildman–Crippen LogP) is 4.87. The first-order valence-electron chi connectivity index (χ1n) is 9.46. The van der Waals surface area contributed by atoms with E-state index in [9.17, 15) is 9.59 Å². The molecule has 2 amide bonds. The van der Waals surface area contributed by atoms with Gasteiger partial charge in [-0.3, -0.25) is 9.59 Å². The summed E-state index contributed by atoms with van der Waals surface area (Å²) in [7, 11) is 0. The zero-order valence-corrected chi connectivity index (χ0v) is 17.8. The average Bonchev–Trinajstić information content (AvgIpc) is 2.67. The number of nitrogens with one attached hydrogen (secondary N) is 1. The first-order chi connectivity index (χ1) is 13.4. The van der Waals surface area contributed by atoms with Gasteiger partial charge in [-0.15, -0.1) is 0 Å². The first-order valence-corrected chi connectivity index (χ1v) is 10.2. The van der Waals surface area contributed by atoms with E-state index in [-0.39, 0.29) is 18.2 Å². The second-order valence-electron chi connectivity index (χ2n) is 6.78. The Hall–Kier alpha value is -2.04. The minimum absolute atomic E-state index is 0.125. The number of carbonyl (C=O) groups excluding carboxylic acids is 2. The molecule has 4 nitrogen and oxygen atoms in total. The van der Waals surface area contributed by atoms with Gasteiger partial charge in [-0.2, -0.15) is 0 Å². The van der Waals surface area contributed by atoms with Crippen LogP contribution < -0.4 is 5.32 Å². The maximum absolute atomic E-state index is 13.0. The van der Waals surface area contributed by atoms with Crippen LogP contribution in [0.2, 0.25) is 10.0 Å². The van der Waals surface area contributed by atoms with Crippen LogP contribution in [0, 0.1) is 0 Å². The molecule has 0 unspecified atom stereocenters. The molecule has 150 valence electrons. The van der Waals surface area contributed by atoms with Gasteiger partial charge in [0.15, 0.2) is 0 Å². The number of rotatable bonds is 9. The van der Waals surface area contributed by atoms with Crippen LogP contribution in [0.5, 0.6) is 0 Å². The molecule has 0 heterocycles. The molecule has 6 heteroatoms. The molecule has 0 saturated carbocycles. The fourth-order valence-electron chi connectivity index (χ4n) is 2.83. The van der Waals surface area contributed by atoms with Crippen LogP contribution in [0.25, 0.3) is 0 Å². The van der Waals surface area contributed by atoms with Gasteiger partial charge < -0.3 is 10.2 Å². The largest absolute Gasteiger partial charge is 0.354 e. The van der Waals surface area contributed by atoms with Gasteiger partial charge >= 0.3 is 0 Å². The van der Waals surface area contributed by atoms with E-state index in [0.717, 1.165) is 24.0 Å². The van der Waals surface area contributed by atoms with Crippen molar-refractivity contribution in [1.82, 2.24) is 10.2 Å². The van der Waals surface area contributed by atoms with Crippen molar-refractivity contribution in [2.24, 2.45) is 0 Å². The number of hydrogen-bond acceptors (Lipinski definition) is 2. The summed E-state index contributed by atoms with van der Waals surface area (Å²) < 4.78 is 0. The number of nitrogens with zero attached hydrogens (tertiary/aromatic N) is 1. The van der Waals surface area contributed by atoms with Crippen LogP contribution in [0.15, 0.2) is 48.5 Å². The lowest BCUT2D eigenvalue weighted by molar-refractivity contribution is -0.140. The molecule has 0 saturated heterocycles. The molecule has 1 N–H and O–H groups in total. The quantitative estimate of drug-likeness (QED) is 0.588. The van der Waals surface area contributed by atoms with Crippen molar-refractivity contribution in [3.05, 3.63) is 69.7 Å². The molecule has 1 atom stereocenters. The summed E-state index contributed by atoms with van der Waals surface area (Å²) in [6, 6.07) is 13.9. The highest BCUT2D eigenvalue weighted by Gasteiger charge is 2.26. The normalized spacial score (nSPS) is 11.7. The van der Waals surface area contributed by atoms with E-state index in [2.05, 4.69) is 12.2 Å². The van der Waals surface area contributed by atoms with Crippen molar-refractivity contribution in [2.75, 3.05) is 6.54 Å². The summed E-state index contributed by atoms with van der Waals surface area (Å²) in [5.74, 6) is -0.277. The van der Waals surface area contributed by atoms with E-state index in [1.165, 1.54) is 0 Å². The molecule has 2 aromatic carbocycles. The predicted molar refractivity (Wildman–Crippen MR) is 115 cm³/mol. The molecule has 0 aromatic heterocycles. The number of carbonyl (C=O) groups is 2. The van der Waals surface area contributed by atoms with Crippen molar-refractivity contribution in [1.29, 1.82) is 0 Å². The van der Waals surface area contributed by atoms with Gasteiger partial charge in [0.1, 0.15) is 6.04 Å². The molecule has 0 radical (unpaired) electrons. The Balaban J connectivity index is 2.17. The molecular weight excluding hydrogens is 395 g/mol. The van der Waals surface area contributed by atoms with E-state index >= 15 is 0 Å². The van der Waals surface area contributed by atoms with Crippen LogP contribution in [-0.4, -0.2) is 29.3 Å². The average molecular weight is 421 g/mol. The van der Waals surface area contributed by atoms with Gasteiger partial charge in [-0.1, -0.05) is 60.8 Å². The maximum Gasteiger partial charge on any atom is 0.242 e. The minimum Gasteiger partial charge on any atom is -0.354 e. The van der Waals surface area contributed by atoms with Crippen LogP contribution >= 0.6 is 23.2 Å². The summed E-state index contributed by atoms with van der Waals surface area (Å²) in [5.41, 5.74) is 1.73. The van der Waals surface area contributed by atoms with E-state index < -0.39 is 6.04 Å². The van der Waals surface area contributed by atoms with E-state index in [1.54, 1.807) is 30.0 Å². The highest BCUT2D eigenvalue weighted by molar-refractivity contribution is 6.30. The van der Waals surface area contributed by atoms with Crippen LogP contribution in [-0.2, 0) is 22.6 Å². The second-order valence-corrected chi connectivity index (χ2v) is 7.65. The van der Waals surface area contributed by atoms with Crippen molar-refractivity contribution in [3.63, 3.8) is 0 Å². The van der Waals surface area contributed by atoms with Gasteiger partial charge in [0, 0.05) is 23.1 Å². The first kappa shape index (κ1) is 22.3. The fraction of sp³-hybridized carbons (Fsp3) is 0.364. The van der Waals surface area contributed by atoms with Gasteiger partial charge in [-0.25, -0.2) is 0 Å². The van der Waals surface area contributed by atoms with Crippen LogP contribution in [0.1, 0.15) is 37.8 Å². The zero-order valence-electron chi connectivity index (χ0n) is 16.3. The third-order valence-corrected chi connectivity index (χ3v) is 4.99. The number of amides is 2. The van der Waals surface area contributed by atoms with Crippen molar-refractivity contribution >= 4 is 35.0 Å². The molecular formula is C22H26Cl2N2O2.